The highest BCUT2D eigenvalue weighted by Gasteiger charge is 2.33. The molecule has 0 spiro atoms. The third-order valence-electron chi connectivity index (χ3n) is 1.63. The standard InChI is InChI=1S/C7HF4NO4/c8-2-1(7(13)14)6(12(15)16)5(11)4(10)3(2)9/h(H,13,14)/p-1. The van der Waals surface area contributed by atoms with Gasteiger partial charge in [-0.3, -0.25) is 10.1 Å². The predicted octanol–water partition coefficient (Wildman–Crippen LogP) is 0.515. The Labute approximate surface area is 84.1 Å². The third-order valence-corrected chi connectivity index (χ3v) is 1.63. The van der Waals surface area contributed by atoms with Crippen LogP contribution in [0.25, 0.3) is 0 Å². The Morgan fingerprint density at radius 2 is 1.44 bits per heavy atom. The zero-order valence-corrected chi connectivity index (χ0v) is 7.09. The van der Waals surface area contributed by atoms with E-state index in [1.807, 2.05) is 0 Å². The fraction of sp³-hybridized carbons (Fsp3) is 0. The van der Waals surface area contributed by atoms with Gasteiger partial charge in [0.05, 0.1) is 10.9 Å². The molecule has 1 aromatic carbocycles. The van der Waals surface area contributed by atoms with Crippen LogP contribution in [0, 0.1) is 33.4 Å². The molecule has 5 nitrogen and oxygen atoms in total. The summed E-state index contributed by atoms with van der Waals surface area (Å²) in [7, 11) is 0. The van der Waals surface area contributed by atoms with Gasteiger partial charge in [-0.1, -0.05) is 0 Å². The minimum absolute atomic E-state index is 1.69. The maximum atomic E-state index is 12.8. The molecule has 0 aliphatic carbocycles. The van der Waals surface area contributed by atoms with E-state index >= 15 is 0 Å². The molecule has 0 saturated heterocycles. The molecule has 0 N–H and O–H groups in total. The van der Waals surface area contributed by atoms with Crippen molar-refractivity contribution in [1.82, 2.24) is 0 Å². The van der Waals surface area contributed by atoms with Crippen LogP contribution in [0.3, 0.4) is 0 Å². The molecule has 0 atom stereocenters. The molecule has 1 aromatic rings. The lowest BCUT2D eigenvalue weighted by molar-refractivity contribution is -0.389. The van der Waals surface area contributed by atoms with Crippen molar-refractivity contribution >= 4 is 11.7 Å². The van der Waals surface area contributed by atoms with Crippen molar-refractivity contribution in [2.75, 3.05) is 0 Å². The number of hydrogen-bond acceptors (Lipinski definition) is 4. The van der Waals surface area contributed by atoms with E-state index in [1.54, 1.807) is 0 Å². The fourth-order valence-electron chi connectivity index (χ4n) is 0.978. The van der Waals surface area contributed by atoms with Gasteiger partial charge in [0.25, 0.3) is 0 Å². The molecule has 0 aromatic heterocycles. The van der Waals surface area contributed by atoms with Crippen molar-refractivity contribution in [1.29, 1.82) is 0 Å². The molecule has 0 aliphatic rings. The van der Waals surface area contributed by atoms with E-state index in [9.17, 15) is 37.6 Å². The highest BCUT2D eigenvalue weighted by Crippen LogP contribution is 2.29. The molecule has 9 heteroatoms. The molecule has 86 valence electrons. The van der Waals surface area contributed by atoms with E-state index in [1.165, 1.54) is 0 Å². The number of nitrogens with zero attached hydrogens (tertiary/aromatic N) is 1. The highest BCUT2D eigenvalue weighted by atomic mass is 19.2. The van der Waals surface area contributed by atoms with Crippen LogP contribution in [-0.4, -0.2) is 10.9 Å². The number of nitro benzene ring substituents is 1. The number of benzene rings is 1. The Bertz CT molecular complexity index is 457. The number of carboxylic acids is 1. The Morgan fingerprint density at radius 1 is 1.00 bits per heavy atom. The largest absolute Gasteiger partial charge is 0.544 e. The maximum absolute atomic E-state index is 12.8. The van der Waals surface area contributed by atoms with E-state index in [-0.39, 0.29) is 0 Å². The zero-order chi connectivity index (χ0) is 12.6. The van der Waals surface area contributed by atoms with Crippen LogP contribution in [0.5, 0.6) is 0 Å². The number of aromatic carboxylic acids is 1. The van der Waals surface area contributed by atoms with Crippen LogP contribution in [0.1, 0.15) is 10.4 Å². The molecule has 0 aliphatic heterocycles. The van der Waals surface area contributed by atoms with Crippen molar-refractivity contribution in [2.45, 2.75) is 0 Å². The number of rotatable bonds is 2. The average molecular weight is 238 g/mol. The van der Waals surface area contributed by atoms with Crippen molar-refractivity contribution in [3.8, 4) is 0 Å². The van der Waals surface area contributed by atoms with E-state index in [2.05, 4.69) is 0 Å². The third kappa shape index (κ3) is 1.55. The smallest absolute Gasteiger partial charge is 0.320 e. The Morgan fingerprint density at radius 3 is 1.81 bits per heavy atom. The van der Waals surface area contributed by atoms with Crippen LogP contribution in [0.4, 0.5) is 23.2 Å². The molecule has 0 saturated carbocycles. The van der Waals surface area contributed by atoms with Gasteiger partial charge >= 0.3 is 5.69 Å². The molecule has 0 fully saturated rings. The van der Waals surface area contributed by atoms with Crippen LogP contribution < -0.4 is 5.11 Å². The summed E-state index contributed by atoms with van der Waals surface area (Å²) in [5.74, 6) is -12.2. The summed E-state index contributed by atoms with van der Waals surface area (Å²) < 4.78 is 50.7. The molecule has 0 amide bonds. The van der Waals surface area contributed by atoms with Crippen molar-refractivity contribution in [2.24, 2.45) is 0 Å². The van der Waals surface area contributed by atoms with Gasteiger partial charge in [-0.05, 0) is 0 Å². The summed E-state index contributed by atoms with van der Waals surface area (Å²) in [6.07, 6.45) is 0. The molecule has 0 radical (unpaired) electrons. The van der Waals surface area contributed by atoms with E-state index < -0.39 is 45.4 Å². The number of nitro groups is 1. The van der Waals surface area contributed by atoms with E-state index in [4.69, 9.17) is 0 Å². The number of hydrogen-bond donors (Lipinski definition) is 0. The van der Waals surface area contributed by atoms with Crippen LogP contribution in [0.15, 0.2) is 0 Å². The van der Waals surface area contributed by atoms with Crippen molar-refractivity contribution in [3.63, 3.8) is 0 Å². The van der Waals surface area contributed by atoms with Gasteiger partial charge in [0.2, 0.25) is 11.6 Å². The monoisotopic (exact) mass is 238 g/mol. The molecule has 0 bridgehead atoms. The second-order valence-corrected chi connectivity index (χ2v) is 2.52. The second kappa shape index (κ2) is 3.76. The molecule has 0 heterocycles. The lowest BCUT2D eigenvalue weighted by Gasteiger charge is -2.07. The first-order chi connectivity index (χ1) is 7.29. The van der Waals surface area contributed by atoms with Crippen LogP contribution in [0.2, 0.25) is 0 Å². The predicted molar refractivity (Wildman–Crippen MR) is 37.3 cm³/mol. The maximum Gasteiger partial charge on any atom is 0.320 e. The highest BCUT2D eigenvalue weighted by molar-refractivity contribution is 5.91. The molecular formula is C7F4NO4-. The number of carbonyl (C=O) groups excluding carboxylic acids is 1. The van der Waals surface area contributed by atoms with Gasteiger partial charge in [0.15, 0.2) is 11.6 Å². The van der Waals surface area contributed by atoms with Gasteiger partial charge in [-0.25, -0.2) is 13.2 Å². The zero-order valence-electron chi connectivity index (χ0n) is 7.09. The summed E-state index contributed by atoms with van der Waals surface area (Å²) in [5.41, 5.74) is -3.99. The number of carbonyl (C=O) groups is 1. The quantitative estimate of drug-likeness (QED) is 0.247. The van der Waals surface area contributed by atoms with Gasteiger partial charge in [0.1, 0.15) is 5.56 Å². The van der Waals surface area contributed by atoms with Crippen LogP contribution in [-0.2, 0) is 0 Å². The summed E-state index contributed by atoms with van der Waals surface area (Å²) >= 11 is 0. The number of halogens is 4. The summed E-state index contributed by atoms with van der Waals surface area (Å²) in [5, 5.41) is 20.4. The lowest BCUT2D eigenvalue weighted by atomic mass is 10.1. The van der Waals surface area contributed by atoms with Crippen LogP contribution >= 0.6 is 0 Å². The first-order valence-electron chi connectivity index (χ1n) is 3.50. The lowest BCUT2D eigenvalue weighted by Crippen LogP contribution is -2.26. The van der Waals surface area contributed by atoms with Crippen molar-refractivity contribution in [3.05, 3.63) is 38.9 Å². The van der Waals surface area contributed by atoms with Gasteiger partial charge < -0.3 is 9.90 Å². The summed E-state index contributed by atoms with van der Waals surface area (Å²) in [6.45, 7) is 0. The Hall–Kier alpha value is -2.19. The fourth-order valence-corrected chi connectivity index (χ4v) is 0.978. The summed E-state index contributed by atoms with van der Waals surface area (Å²) in [6, 6.07) is 0. The molecule has 0 unspecified atom stereocenters. The topological polar surface area (TPSA) is 83.3 Å². The molecular weight excluding hydrogens is 238 g/mol. The SMILES string of the molecule is O=C([O-])c1c(F)c(F)c(F)c(F)c1[N+](=O)[O-]. The first kappa shape index (κ1) is 11.9. The minimum atomic E-state index is -2.53. The van der Waals surface area contributed by atoms with Gasteiger partial charge in [0, 0.05) is 0 Å². The second-order valence-electron chi connectivity index (χ2n) is 2.52. The van der Waals surface area contributed by atoms with E-state index in [0.717, 1.165) is 0 Å². The number of carboxylic acid groups (broad SMARTS) is 1. The van der Waals surface area contributed by atoms with E-state index in [0.29, 0.717) is 0 Å². The van der Waals surface area contributed by atoms with Gasteiger partial charge in [-0.15, -0.1) is 0 Å². The minimum Gasteiger partial charge on any atom is -0.544 e. The summed E-state index contributed by atoms with van der Waals surface area (Å²) in [4.78, 5) is 18.7. The normalized spacial score (nSPS) is 10.2. The molecule has 1 rings (SSSR count). The first-order valence-corrected chi connectivity index (χ1v) is 3.50. The average Bonchev–Trinajstić information content (AvgIpc) is 2.18. The Kier molecular flexibility index (Phi) is 2.79. The Balaban J connectivity index is 3.83. The van der Waals surface area contributed by atoms with Gasteiger partial charge in [-0.2, -0.15) is 4.39 Å². The molecule has 16 heavy (non-hydrogen) atoms. The van der Waals surface area contributed by atoms with Crippen molar-refractivity contribution < 1.29 is 32.4 Å².